The number of benzene rings is 1. The van der Waals surface area contributed by atoms with Gasteiger partial charge in [0.15, 0.2) is 0 Å². The maximum absolute atomic E-state index is 11.6. The molecule has 1 aliphatic heterocycles. The Balaban J connectivity index is 2.15. The zero-order valence-corrected chi connectivity index (χ0v) is 9.61. The summed E-state index contributed by atoms with van der Waals surface area (Å²) in [6.45, 7) is 0.388. The van der Waals surface area contributed by atoms with E-state index in [1.54, 1.807) is 0 Å². The standard InChI is InChI=1S/C12H13N3O3/c13-10-9(11(16)17)7-15(12(18)14-10)6-8-4-2-1-3-5-8/h1-5,9H,6-7H2,(H,16,17)(H2,13,14,18). The number of hydrogen-bond donors (Lipinski definition) is 2. The number of carbonyl (C=O) groups excluding carboxylic acids is 1. The highest BCUT2D eigenvalue weighted by Crippen LogP contribution is 2.14. The first-order valence-corrected chi connectivity index (χ1v) is 5.47. The SMILES string of the molecule is NC1=NC(=O)N(Cc2ccccc2)CC1C(=O)O. The first kappa shape index (κ1) is 12.1. The maximum Gasteiger partial charge on any atom is 0.345 e. The fraction of sp³-hybridized carbons (Fsp3) is 0.250. The van der Waals surface area contributed by atoms with Crippen molar-refractivity contribution >= 4 is 17.8 Å². The van der Waals surface area contributed by atoms with Crippen LogP contribution in [0.3, 0.4) is 0 Å². The lowest BCUT2D eigenvalue weighted by molar-refractivity contribution is -0.139. The summed E-state index contributed by atoms with van der Waals surface area (Å²) >= 11 is 0. The van der Waals surface area contributed by atoms with Gasteiger partial charge in [-0.3, -0.25) is 4.79 Å². The summed E-state index contributed by atoms with van der Waals surface area (Å²) in [5.74, 6) is -2.12. The molecule has 1 heterocycles. The molecule has 2 rings (SSSR count). The molecular weight excluding hydrogens is 234 g/mol. The van der Waals surface area contributed by atoms with Gasteiger partial charge in [0, 0.05) is 13.1 Å². The van der Waals surface area contributed by atoms with Gasteiger partial charge in [-0.1, -0.05) is 30.3 Å². The number of urea groups is 1. The highest BCUT2D eigenvalue weighted by molar-refractivity contribution is 6.06. The van der Waals surface area contributed by atoms with Gasteiger partial charge in [-0.25, -0.2) is 4.79 Å². The quantitative estimate of drug-likeness (QED) is 0.820. The van der Waals surface area contributed by atoms with Gasteiger partial charge in [-0.05, 0) is 5.56 Å². The van der Waals surface area contributed by atoms with Crippen LogP contribution in [0.25, 0.3) is 0 Å². The minimum Gasteiger partial charge on any atom is -0.481 e. The van der Waals surface area contributed by atoms with E-state index in [1.807, 2.05) is 30.3 Å². The fourth-order valence-corrected chi connectivity index (χ4v) is 1.79. The lowest BCUT2D eigenvalue weighted by Gasteiger charge is -2.28. The second-order valence-electron chi connectivity index (χ2n) is 4.08. The van der Waals surface area contributed by atoms with E-state index < -0.39 is 17.9 Å². The molecule has 0 bridgehead atoms. The van der Waals surface area contributed by atoms with E-state index in [2.05, 4.69) is 4.99 Å². The van der Waals surface area contributed by atoms with E-state index >= 15 is 0 Å². The van der Waals surface area contributed by atoms with Crippen LogP contribution < -0.4 is 5.73 Å². The lowest BCUT2D eigenvalue weighted by atomic mass is 10.1. The van der Waals surface area contributed by atoms with Crippen LogP contribution in [0.5, 0.6) is 0 Å². The smallest absolute Gasteiger partial charge is 0.345 e. The summed E-state index contributed by atoms with van der Waals surface area (Å²) in [7, 11) is 0. The van der Waals surface area contributed by atoms with Crippen LogP contribution in [0, 0.1) is 5.92 Å². The molecule has 0 radical (unpaired) electrons. The van der Waals surface area contributed by atoms with Crippen LogP contribution in [-0.2, 0) is 11.3 Å². The summed E-state index contributed by atoms with van der Waals surface area (Å²) < 4.78 is 0. The number of carboxylic acid groups (broad SMARTS) is 1. The van der Waals surface area contributed by atoms with Crippen LogP contribution >= 0.6 is 0 Å². The van der Waals surface area contributed by atoms with Gasteiger partial charge in [0.2, 0.25) is 0 Å². The number of aliphatic imine (C=N–C) groups is 1. The molecule has 0 saturated carbocycles. The lowest BCUT2D eigenvalue weighted by Crippen LogP contribution is -2.47. The molecule has 6 heteroatoms. The number of rotatable bonds is 3. The number of nitrogens with two attached hydrogens (primary N) is 1. The van der Waals surface area contributed by atoms with Gasteiger partial charge in [0.25, 0.3) is 0 Å². The highest BCUT2D eigenvalue weighted by atomic mass is 16.4. The minimum absolute atomic E-state index is 0.0540. The number of amidine groups is 1. The van der Waals surface area contributed by atoms with Crippen LogP contribution in [0.1, 0.15) is 5.56 Å². The molecule has 1 aromatic rings. The molecule has 1 unspecified atom stereocenters. The molecule has 1 aliphatic rings. The van der Waals surface area contributed by atoms with E-state index in [4.69, 9.17) is 10.8 Å². The highest BCUT2D eigenvalue weighted by Gasteiger charge is 2.32. The second kappa shape index (κ2) is 4.87. The number of hydrogen-bond acceptors (Lipinski definition) is 3. The molecule has 94 valence electrons. The topological polar surface area (TPSA) is 96.0 Å². The van der Waals surface area contributed by atoms with Crippen molar-refractivity contribution in [3.63, 3.8) is 0 Å². The maximum atomic E-state index is 11.6. The Labute approximate surface area is 104 Å². The van der Waals surface area contributed by atoms with E-state index in [1.165, 1.54) is 4.90 Å². The van der Waals surface area contributed by atoms with Crippen LogP contribution in [0.15, 0.2) is 35.3 Å². The van der Waals surface area contributed by atoms with Crippen LogP contribution in [-0.4, -0.2) is 34.4 Å². The molecular formula is C12H13N3O3. The van der Waals surface area contributed by atoms with Gasteiger partial charge in [0.1, 0.15) is 11.8 Å². The van der Waals surface area contributed by atoms with Gasteiger partial charge >= 0.3 is 12.0 Å². The summed E-state index contributed by atoms with van der Waals surface area (Å²) in [5, 5.41) is 8.98. The zero-order valence-electron chi connectivity index (χ0n) is 9.61. The molecule has 1 atom stereocenters. The molecule has 1 aromatic carbocycles. The molecule has 6 nitrogen and oxygen atoms in total. The molecule has 18 heavy (non-hydrogen) atoms. The molecule has 3 N–H and O–H groups in total. The predicted molar refractivity (Wildman–Crippen MR) is 65.0 cm³/mol. The summed E-state index contributed by atoms with van der Waals surface area (Å²) in [4.78, 5) is 27.6. The largest absolute Gasteiger partial charge is 0.481 e. The Morgan fingerprint density at radius 1 is 1.44 bits per heavy atom. The Bertz CT molecular complexity index is 499. The summed E-state index contributed by atoms with van der Waals surface area (Å²) in [6, 6.07) is 8.83. The number of carbonyl (C=O) groups is 2. The fourth-order valence-electron chi connectivity index (χ4n) is 1.79. The third kappa shape index (κ3) is 2.48. The first-order chi connectivity index (χ1) is 8.58. The van der Waals surface area contributed by atoms with Crippen molar-refractivity contribution in [3.8, 4) is 0 Å². The monoisotopic (exact) mass is 247 g/mol. The van der Waals surface area contributed by atoms with Crippen LogP contribution in [0.4, 0.5) is 4.79 Å². The van der Waals surface area contributed by atoms with Gasteiger partial charge in [-0.15, -0.1) is 0 Å². The third-order valence-corrected chi connectivity index (χ3v) is 2.77. The van der Waals surface area contributed by atoms with E-state index in [9.17, 15) is 9.59 Å². The predicted octanol–water partition coefficient (Wildman–Crippen LogP) is 0.680. The second-order valence-corrected chi connectivity index (χ2v) is 4.08. The van der Waals surface area contributed by atoms with Crippen molar-refractivity contribution in [3.05, 3.63) is 35.9 Å². The van der Waals surface area contributed by atoms with E-state index in [-0.39, 0.29) is 12.4 Å². The van der Waals surface area contributed by atoms with Crippen molar-refractivity contribution in [2.75, 3.05) is 6.54 Å². The molecule has 2 amide bonds. The molecule has 0 spiro atoms. The average Bonchev–Trinajstić information content (AvgIpc) is 2.33. The Hall–Kier alpha value is -2.37. The van der Waals surface area contributed by atoms with Gasteiger partial charge in [-0.2, -0.15) is 4.99 Å². The molecule has 0 fully saturated rings. The normalized spacial score (nSPS) is 19.6. The first-order valence-electron chi connectivity index (χ1n) is 5.47. The Kier molecular flexibility index (Phi) is 3.27. The molecule has 0 saturated heterocycles. The number of amides is 2. The number of aliphatic carboxylic acids is 1. The Morgan fingerprint density at radius 3 is 2.72 bits per heavy atom. The third-order valence-electron chi connectivity index (χ3n) is 2.77. The van der Waals surface area contributed by atoms with Gasteiger partial charge in [0.05, 0.1) is 0 Å². The Morgan fingerprint density at radius 2 is 2.11 bits per heavy atom. The summed E-state index contributed by atoms with van der Waals surface area (Å²) in [6.07, 6.45) is 0. The molecule has 0 aliphatic carbocycles. The average molecular weight is 247 g/mol. The molecule has 0 aromatic heterocycles. The van der Waals surface area contributed by atoms with Crippen molar-refractivity contribution in [1.82, 2.24) is 4.90 Å². The number of nitrogens with zero attached hydrogens (tertiary/aromatic N) is 2. The zero-order chi connectivity index (χ0) is 13.1. The van der Waals surface area contributed by atoms with Crippen molar-refractivity contribution in [1.29, 1.82) is 0 Å². The van der Waals surface area contributed by atoms with E-state index in [0.717, 1.165) is 5.56 Å². The van der Waals surface area contributed by atoms with E-state index in [0.29, 0.717) is 6.54 Å². The summed E-state index contributed by atoms with van der Waals surface area (Å²) in [5.41, 5.74) is 6.37. The van der Waals surface area contributed by atoms with Crippen LogP contribution in [0.2, 0.25) is 0 Å². The van der Waals surface area contributed by atoms with Gasteiger partial charge < -0.3 is 15.7 Å². The number of carboxylic acids is 1. The van der Waals surface area contributed by atoms with Crippen molar-refractivity contribution in [2.45, 2.75) is 6.54 Å². The minimum atomic E-state index is -1.07. The van der Waals surface area contributed by atoms with Crippen molar-refractivity contribution < 1.29 is 14.7 Å². The van der Waals surface area contributed by atoms with Crippen molar-refractivity contribution in [2.24, 2.45) is 16.6 Å².